The third kappa shape index (κ3) is 4.31. The summed E-state index contributed by atoms with van der Waals surface area (Å²) in [6.07, 6.45) is 4.39. The van der Waals surface area contributed by atoms with Gasteiger partial charge in [0.25, 0.3) is 0 Å². The predicted molar refractivity (Wildman–Crippen MR) is 91.1 cm³/mol. The quantitative estimate of drug-likeness (QED) is 0.644. The van der Waals surface area contributed by atoms with Gasteiger partial charge in [0.05, 0.1) is 5.25 Å². The van der Waals surface area contributed by atoms with Crippen molar-refractivity contribution in [3.8, 4) is 0 Å². The van der Waals surface area contributed by atoms with E-state index in [1.54, 1.807) is 18.5 Å². The van der Waals surface area contributed by atoms with E-state index in [1.165, 1.54) is 17.3 Å². The second-order valence-electron chi connectivity index (χ2n) is 5.18. The summed E-state index contributed by atoms with van der Waals surface area (Å²) >= 11 is 1.36. The van der Waals surface area contributed by atoms with E-state index < -0.39 is 0 Å². The van der Waals surface area contributed by atoms with Crippen LogP contribution in [0.1, 0.15) is 38.7 Å². The molecule has 0 aliphatic heterocycles. The highest BCUT2D eigenvalue weighted by atomic mass is 32.2. The van der Waals surface area contributed by atoms with Crippen LogP contribution in [-0.4, -0.2) is 21.1 Å². The van der Waals surface area contributed by atoms with Gasteiger partial charge in [-0.2, -0.15) is 0 Å². The molecule has 1 N–H and O–H groups in total. The fourth-order valence-electron chi connectivity index (χ4n) is 2.05. The highest BCUT2D eigenvalue weighted by molar-refractivity contribution is 8.00. The lowest BCUT2D eigenvalue weighted by atomic mass is 9.97. The molecule has 2 aromatic rings. The summed E-state index contributed by atoms with van der Waals surface area (Å²) in [4.78, 5) is 20.7. The minimum absolute atomic E-state index is 0.0341. The van der Waals surface area contributed by atoms with Gasteiger partial charge < -0.3 is 5.32 Å². The van der Waals surface area contributed by atoms with Crippen molar-refractivity contribution in [3.63, 3.8) is 0 Å². The molecular formula is C17H21N3OS. The average molecular weight is 315 g/mol. The summed E-state index contributed by atoms with van der Waals surface area (Å²) < 4.78 is 0. The maximum Gasteiger partial charge on any atom is 0.237 e. The molecule has 0 spiro atoms. The molecule has 22 heavy (non-hydrogen) atoms. The largest absolute Gasteiger partial charge is 0.325 e. The zero-order chi connectivity index (χ0) is 15.9. The SMILES string of the molecule is CC[C@@H](C)c1ccccc1NC(=O)[C@@H](C)Sc1ncccn1. The van der Waals surface area contributed by atoms with Crippen LogP contribution in [0.2, 0.25) is 0 Å². The monoisotopic (exact) mass is 315 g/mol. The van der Waals surface area contributed by atoms with Gasteiger partial charge in [-0.1, -0.05) is 43.8 Å². The number of nitrogens with zero attached hydrogens (tertiary/aromatic N) is 2. The maximum absolute atomic E-state index is 12.4. The zero-order valence-corrected chi connectivity index (χ0v) is 13.9. The van der Waals surface area contributed by atoms with Crippen molar-refractivity contribution in [1.29, 1.82) is 0 Å². The zero-order valence-electron chi connectivity index (χ0n) is 13.1. The normalized spacial score (nSPS) is 13.4. The van der Waals surface area contributed by atoms with Gasteiger partial charge in [0.15, 0.2) is 5.16 Å². The van der Waals surface area contributed by atoms with Crippen LogP contribution in [-0.2, 0) is 4.79 Å². The van der Waals surface area contributed by atoms with E-state index in [0.717, 1.165) is 12.1 Å². The molecule has 0 saturated carbocycles. The van der Waals surface area contributed by atoms with Crippen LogP contribution in [0.25, 0.3) is 0 Å². The summed E-state index contributed by atoms with van der Waals surface area (Å²) in [6, 6.07) is 9.74. The Bertz CT molecular complexity index is 618. The number of nitrogens with one attached hydrogen (secondary N) is 1. The summed E-state index contributed by atoms with van der Waals surface area (Å²) in [5.41, 5.74) is 2.06. The van der Waals surface area contributed by atoms with Crippen LogP contribution in [0.5, 0.6) is 0 Å². The fourth-order valence-corrected chi connectivity index (χ4v) is 2.78. The highest BCUT2D eigenvalue weighted by Crippen LogP contribution is 2.27. The average Bonchev–Trinajstić information content (AvgIpc) is 2.55. The van der Waals surface area contributed by atoms with Gasteiger partial charge in [-0.3, -0.25) is 4.79 Å². The Hall–Kier alpha value is -1.88. The Labute approximate surface area is 135 Å². The lowest BCUT2D eigenvalue weighted by molar-refractivity contribution is -0.115. The van der Waals surface area contributed by atoms with Crippen LogP contribution >= 0.6 is 11.8 Å². The number of hydrogen-bond donors (Lipinski definition) is 1. The van der Waals surface area contributed by atoms with Gasteiger partial charge in [-0.15, -0.1) is 0 Å². The first-order valence-electron chi connectivity index (χ1n) is 7.45. The molecule has 0 radical (unpaired) electrons. The third-order valence-electron chi connectivity index (χ3n) is 3.56. The molecule has 0 saturated heterocycles. The topological polar surface area (TPSA) is 54.9 Å². The van der Waals surface area contributed by atoms with Crippen molar-refractivity contribution in [2.24, 2.45) is 0 Å². The van der Waals surface area contributed by atoms with E-state index in [1.807, 2.05) is 25.1 Å². The molecule has 0 bridgehead atoms. The lowest BCUT2D eigenvalue weighted by Crippen LogP contribution is -2.23. The Morgan fingerprint density at radius 2 is 1.86 bits per heavy atom. The molecule has 1 heterocycles. The van der Waals surface area contributed by atoms with Crippen molar-refractivity contribution >= 4 is 23.4 Å². The van der Waals surface area contributed by atoms with Gasteiger partial charge in [-0.05, 0) is 37.0 Å². The molecule has 1 amide bonds. The van der Waals surface area contributed by atoms with E-state index in [4.69, 9.17) is 0 Å². The van der Waals surface area contributed by atoms with E-state index in [9.17, 15) is 4.79 Å². The third-order valence-corrected chi connectivity index (χ3v) is 4.54. The molecule has 2 atom stereocenters. The summed E-state index contributed by atoms with van der Waals surface area (Å²) in [5, 5.41) is 3.38. The van der Waals surface area contributed by atoms with Crippen LogP contribution in [0, 0.1) is 0 Å². The van der Waals surface area contributed by atoms with E-state index in [-0.39, 0.29) is 11.2 Å². The minimum Gasteiger partial charge on any atom is -0.325 e. The number of rotatable bonds is 6. The lowest BCUT2D eigenvalue weighted by Gasteiger charge is -2.17. The van der Waals surface area contributed by atoms with Gasteiger partial charge in [0, 0.05) is 18.1 Å². The number of amides is 1. The molecule has 2 rings (SSSR count). The first kappa shape index (κ1) is 16.5. The standard InChI is InChI=1S/C17H21N3OS/c1-4-12(2)14-8-5-6-9-15(14)20-16(21)13(3)22-17-18-10-7-11-19-17/h5-13H,4H2,1-3H3,(H,20,21)/t12-,13-/m1/s1. The number of para-hydroxylation sites is 1. The van der Waals surface area contributed by atoms with Crippen LogP contribution < -0.4 is 5.32 Å². The number of carbonyl (C=O) groups is 1. The predicted octanol–water partition coefficient (Wildman–Crippen LogP) is 4.11. The van der Waals surface area contributed by atoms with Crippen molar-refractivity contribution in [2.45, 2.75) is 43.5 Å². The van der Waals surface area contributed by atoms with Gasteiger partial charge in [0.1, 0.15) is 0 Å². The van der Waals surface area contributed by atoms with Crippen molar-refractivity contribution in [3.05, 3.63) is 48.3 Å². The highest BCUT2D eigenvalue weighted by Gasteiger charge is 2.18. The molecule has 116 valence electrons. The fraction of sp³-hybridized carbons (Fsp3) is 0.353. The Kier molecular flexibility index (Phi) is 5.95. The van der Waals surface area contributed by atoms with Crippen molar-refractivity contribution < 1.29 is 4.79 Å². The van der Waals surface area contributed by atoms with Gasteiger partial charge in [0.2, 0.25) is 5.91 Å². The molecule has 0 unspecified atom stereocenters. The van der Waals surface area contributed by atoms with E-state index in [2.05, 4.69) is 35.2 Å². The number of carbonyl (C=O) groups excluding carboxylic acids is 1. The molecule has 0 fully saturated rings. The van der Waals surface area contributed by atoms with Crippen LogP contribution in [0.15, 0.2) is 47.9 Å². The number of hydrogen-bond acceptors (Lipinski definition) is 4. The number of benzene rings is 1. The summed E-state index contributed by atoms with van der Waals surface area (Å²) in [5.74, 6) is 0.380. The second-order valence-corrected chi connectivity index (χ2v) is 6.49. The molecule has 1 aromatic carbocycles. The van der Waals surface area contributed by atoms with E-state index in [0.29, 0.717) is 11.1 Å². The van der Waals surface area contributed by atoms with Gasteiger partial charge in [-0.25, -0.2) is 9.97 Å². The molecule has 1 aromatic heterocycles. The van der Waals surface area contributed by atoms with Crippen molar-refractivity contribution in [2.75, 3.05) is 5.32 Å². The molecule has 0 aliphatic carbocycles. The Morgan fingerprint density at radius 3 is 2.55 bits per heavy atom. The summed E-state index contributed by atoms with van der Waals surface area (Å²) in [7, 11) is 0. The van der Waals surface area contributed by atoms with E-state index >= 15 is 0 Å². The number of thioether (sulfide) groups is 1. The smallest absolute Gasteiger partial charge is 0.237 e. The first-order chi connectivity index (χ1) is 10.6. The molecule has 5 heteroatoms. The van der Waals surface area contributed by atoms with Crippen molar-refractivity contribution in [1.82, 2.24) is 9.97 Å². The second kappa shape index (κ2) is 7.94. The van der Waals surface area contributed by atoms with Crippen LogP contribution in [0.3, 0.4) is 0 Å². The summed E-state index contributed by atoms with van der Waals surface area (Å²) in [6.45, 7) is 6.18. The Morgan fingerprint density at radius 1 is 1.18 bits per heavy atom. The molecule has 4 nitrogen and oxygen atoms in total. The molecule has 0 aliphatic rings. The number of anilines is 1. The minimum atomic E-state index is -0.257. The number of aromatic nitrogens is 2. The van der Waals surface area contributed by atoms with Gasteiger partial charge >= 0.3 is 0 Å². The Balaban J connectivity index is 2.05. The molecular weight excluding hydrogens is 294 g/mol. The first-order valence-corrected chi connectivity index (χ1v) is 8.33. The maximum atomic E-state index is 12.4. The van der Waals surface area contributed by atoms with Crippen LogP contribution in [0.4, 0.5) is 5.69 Å².